The Morgan fingerprint density at radius 3 is 2.78 bits per heavy atom. The zero-order valence-corrected chi connectivity index (χ0v) is 10.5. The Morgan fingerprint density at radius 2 is 2.22 bits per heavy atom. The van der Waals surface area contributed by atoms with Crippen LogP contribution in [0.1, 0.15) is 12.5 Å². The summed E-state index contributed by atoms with van der Waals surface area (Å²) in [5, 5.41) is 2.42. The van der Waals surface area contributed by atoms with Gasteiger partial charge in [-0.1, -0.05) is 0 Å². The molecule has 0 saturated heterocycles. The minimum absolute atomic E-state index is 0.0141. The zero-order valence-electron chi connectivity index (χ0n) is 10.5. The second-order valence-corrected chi connectivity index (χ2v) is 3.84. The van der Waals surface area contributed by atoms with E-state index in [1.165, 1.54) is 24.8 Å². The van der Waals surface area contributed by atoms with Crippen molar-refractivity contribution in [1.29, 1.82) is 0 Å². The molecule has 0 aromatic carbocycles. The Hall–Kier alpha value is -2.18. The fourth-order valence-corrected chi connectivity index (χ4v) is 1.46. The molecule has 0 aliphatic carbocycles. The second kappa shape index (κ2) is 5.95. The third-order valence-electron chi connectivity index (χ3n) is 2.23. The molecule has 1 atom stereocenters. The van der Waals surface area contributed by atoms with E-state index in [2.05, 4.69) is 15.0 Å². The number of hydrogen-bond donors (Lipinski definition) is 1. The summed E-state index contributed by atoms with van der Waals surface area (Å²) in [5.41, 5.74) is 0.292. The highest BCUT2D eigenvalue weighted by Crippen LogP contribution is 1.95. The molecule has 0 radical (unpaired) electrons. The number of carbonyl (C=O) groups excluding carboxylic acids is 2. The van der Waals surface area contributed by atoms with Crippen molar-refractivity contribution in [3.8, 4) is 0 Å². The van der Waals surface area contributed by atoms with Gasteiger partial charge in [0.05, 0.1) is 13.7 Å². The Kier molecular flexibility index (Phi) is 4.59. The van der Waals surface area contributed by atoms with E-state index in [0.717, 1.165) is 5.56 Å². The van der Waals surface area contributed by atoms with Crippen LogP contribution in [0.25, 0.3) is 0 Å². The van der Waals surface area contributed by atoms with Gasteiger partial charge in [-0.15, -0.1) is 0 Å². The largest absolute Gasteiger partial charge is 0.467 e. The molecule has 1 N–H and O–H groups in total. The van der Waals surface area contributed by atoms with Gasteiger partial charge in [-0.2, -0.15) is 0 Å². The molecule has 1 aromatic rings. The van der Waals surface area contributed by atoms with Crippen molar-refractivity contribution in [1.82, 2.24) is 14.9 Å². The molecular weight excluding hydrogens is 238 g/mol. The third-order valence-corrected chi connectivity index (χ3v) is 2.23. The first-order valence-corrected chi connectivity index (χ1v) is 5.32. The van der Waals surface area contributed by atoms with Crippen molar-refractivity contribution >= 4 is 11.9 Å². The Bertz CT molecular complexity index is 509. The van der Waals surface area contributed by atoms with Gasteiger partial charge in [-0.3, -0.25) is 9.36 Å². The number of esters is 1. The quantitative estimate of drug-likeness (QED) is 0.711. The van der Waals surface area contributed by atoms with Crippen LogP contribution in [0.2, 0.25) is 0 Å². The normalized spacial score (nSPS) is 11.7. The molecule has 0 aliphatic heterocycles. The Balaban J connectivity index is 2.95. The van der Waals surface area contributed by atoms with Gasteiger partial charge in [0.2, 0.25) is 5.91 Å². The van der Waals surface area contributed by atoms with Crippen LogP contribution in [0.15, 0.2) is 17.2 Å². The minimum Gasteiger partial charge on any atom is -0.467 e. The van der Waals surface area contributed by atoms with Gasteiger partial charge in [0.15, 0.2) is 0 Å². The summed E-state index contributed by atoms with van der Waals surface area (Å²) in [7, 11) is 1.22. The molecule has 0 spiro atoms. The van der Waals surface area contributed by atoms with Crippen molar-refractivity contribution in [3.05, 3.63) is 28.4 Å². The van der Waals surface area contributed by atoms with Gasteiger partial charge < -0.3 is 10.1 Å². The molecule has 0 aliphatic rings. The van der Waals surface area contributed by atoms with Gasteiger partial charge in [-0.25, -0.2) is 14.6 Å². The highest BCUT2D eigenvalue weighted by Gasteiger charge is 2.21. The molecule has 0 bridgehead atoms. The van der Waals surface area contributed by atoms with Gasteiger partial charge >= 0.3 is 11.7 Å². The SMILES string of the molecule is COC(=O)C(Cn1cc(C)cnc1=O)NC(C)=O. The molecule has 0 fully saturated rings. The van der Waals surface area contributed by atoms with Crippen LogP contribution < -0.4 is 11.0 Å². The molecule has 18 heavy (non-hydrogen) atoms. The van der Waals surface area contributed by atoms with Crippen molar-refractivity contribution in [3.63, 3.8) is 0 Å². The molecule has 0 saturated carbocycles. The van der Waals surface area contributed by atoms with Crippen molar-refractivity contribution in [2.75, 3.05) is 7.11 Å². The summed E-state index contributed by atoms with van der Waals surface area (Å²) in [6.45, 7) is 3.04. The first-order valence-electron chi connectivity index (χ1n) is 5.32. The maximum Gasteiger partial charge on any atom is 0.347 e. The summed E-state index contributed by atoms with van der Waals surface area (Å²) >= 11 is 0. The molecule has 1 heterocycles. The third kappa shape index (κ3) is 3.69. The van der Waals surface area contributed by atoms with Gasteiger partial charge in [0.25, 0.3) is 0 Å². The van der Waals surface area contributed by atoms with Crippen LogP contribution in [0.3, 0.4) is 0 Å². The van der Waals surface area contributed by atoms with E-state index in [1.807, 2.05) is 0 Å². The first-order chi connectivity index (χ1) is 8.43. The summed E-state index contributed by atoms with van der Waals surface area (Å²) < 4.78 is 5.82. The standard InChI is InChI=1S/C11H15N3O4/c1-7-4-12-11(17)14(5-7)6-9(10(16)18-3)13-8(2)15/h4-5,9H,6H2,1-3H3,(H,13,15). The highest BCUT2D eigenvalue weighted by molar-refractivity contribution is 5.83. The number of aromatic nitrogens is 2. The Morgan fingerprint density at radius 1 is 1.56 bits per heavy atom. The number of hydrogen-bond acceptors (Lipinski definition) is 5. The van der Waals surface area contributed by atoms with E-state index in [-0.39, 0.29) is 12.5 Å². The average Bonchev–Trinajstić information content (AvgIpc) is 2.31. The monoisotopic (exact) mass is 253 g/mol. The summed E-state index contributed by atoms with van der Waals surface area (Å²) in [6, 6.07) is -0.909. The molecule has 1 aromatic heterocycles. The van der Waals surface area contributed by atoms with Gasteiger partial charge in [0, 0.05) is 19.3 Å². The molecule has 7 heteroatoms. The molecule has 7 nitrogen and oxygen atoms in total. The summed E-state index contributed by atoms with van der Waals surface area (Å²) in [5.74, 6) is -0.988. The number of carbonyl (C=O) groups is 2. The number of nitrogens with zero attached hydrogens (tertiary/aromatic N) is 2. The lowest BCUT2D eigenvalue weighted by molar-refractivity contribution is -0.145. The maximum atomic E-state index is 11.5. The second-order valence-electron chi connectivity index (χ2n) is 3.84. The van der Waals surface area contributed by atoms with E-state index in [9.17, 15) is 14.4 Å². The number of aryl methyl sites for hydroxylation is 1. The van der Waals surface area contributed by atoms with E-state index in [1.54, 1.807) is 13.1 Å². The fraction of sp³-hybridized carbons (Fsp3) is 0.455. The van der Waals surface area contributed by atoms with Gasteiger partial charge in [-0.05, 0) is 12.5 Å². The van der Waals surface area contributed by atoms with E-state index >= 15 is 0 Å². The predicted molar refractivity (Wildman–Crippen MR) is 62.9 cm³/mol. The summed E-state index contributed by atoms with van der Waals surface area (Å²) in [4.78, 5) is 37.6. The molecule has 1 unspecified atom stereocenters. The number of ether oxygens (including phenoxy) is 1. The van der Waals surface area contributed by atoms with Crippen LogP contribution in [0.4, 0.5) is 0 Å². The smallest absolute Gasteiger partial charge is 0.347 e. The molecule has 1 rings (SSSR count). The number of amides is 1. The first kappa shape index (κ1) is 13.9. The lowest BCUT2D eigenvalue weighted by atomic mass is 10.2. The van der Waals surface area contributed by atoms with Crippen LogP contribution in [0, 0.1) is 6.92 Å². The Labute approximate surface area is 104 Å². The van der Waals surface area contributed by atoms with Crippen molar-refractivity contribution < 1.29 is 14.3 Å². The van der Waals surface area contributed by atoms with Crippen molar-refractivity contribution in [2.45, 2.75) is 26.4 Å². The lowest BCUT2D eigenvalue weighted by Crippen LogP contribution is -2.45. The van der Waals surface area contributed by atoms with Crippen molar-refractivity contribution in [2.24, 2.45) is 0 Å². The van der Waals surface area contributed by atoms with Gasteiger partial charge in [0.1, 0.15) is 6.04 Å². The highest BCUT2D eigenvalue weighted by atomic mass is 16.5. The average molecular weight is 253 g/mol. The van der Waals surface area contributed by atoms with E-state index in [0.29, 0.717) is 0 Å². The van der Waals surface area contributed by atoms with E-state index < -0.39 is 17.7 Å². The topological polar surface area (TPSA) is 90.3 Å². The fourth-order valence-electron chi connectivity index (χ4n) is 1.46. The van der Waals surface area contributed by atoms with Crippen LogP contribution in [-0.2, 0) is 20.9 Å². The van der Waals surface area contributed by atoms with Crippen LogP contribution in [0.5, 0.6) is 0 Å². The summed E-state index contributed by atoms with van der Waals surface area (Å²) in [6.07, 6.45) is 3.00. The van der Waals surface area contributed by atoms with E-state index in [4.69, 9.17) is 0 Å². The molecule has 1 amide bonds. The molecular formula is C11H15N3O4. The zero-order chi connectivity index (χ0) is 13.7. The number of nitrogens with one attached hydrogen (secondary N) is 1. The maximum absolute atomic E-state index is 11.5. The lowest BCUT2D eigenvalue weighted by Gasteiger charge is -2.16. The molecule has 98 valence electrons. The predicted octanol–water partition coefficient (Wildman–Crippen LogP) is -0.771. The van der Waals surface area contributed by atoms with Crippen LogP contribution in [-0.4, -0.2) is 34.6 Å². The minimum atomic E-state index is -0.909. The van der Waals surface area contributed by atoms with Crippen LogP contribution >= 0.6 is 0 Å². The number of rotatable bonds is 4. The number of methoxy groups -OCH3 is 1.